The van der Waals surface area contributed by atoms with E-state index in [9.17, 15) is 13.2 Å². The van der Waals surface area contributed by atoms with Gasteiger partial charge in [-0.1, -0.05) is 0 Å². The Morgan fingerprint density at radius 3 is 2.42 bits per heavy atom. The first kappa shape index (κ1) is 16.6. The fraction of sp³-hybridized carbons (Fsp3) is 0.467. The number of rotatable bonds is 2. The van der Waals surface area contributed by atoms with E-state index in [1.165, 1.54) is 6.92 Å². The number of anilines is 1. The molecule has 24 heavy (non-hydrogen) atoms. The van der Waals surface area contributed by atoms with Crippen LogP contribution >= 0.6 is 0 Å². The highest BCUT2D eigenvalue weighted by molar-refractivity contribution is 5.65. The molecule has 9 heteroatoms. The predicted octanol–water partition coefficient (Wildman–Crippen LogP) is 2.41. The molecule has 0 aliphatic carbocycles. The van der Waals surface area contributed by atoms with E-state index in [1.807, 2.05) is 4.90 Å². The topological polar surface area (TPSA) is 64.0 Å². The lowest BCUT2D eigenvalue weighted by atomic mass is 10.1. The molecule has 0 spiro atoms. The summed E-state index contributed by atoms with van der Waals surface area (Å²) in [6.07, 6.45) is -3.42. The summed E-state index contributed by atoms with van der Waals surface area (Å²) in [7, 11) is 0. The van der Waals surface area contributed by atoms with Crippen LogP contribution in [0.4, 0.5) is 19.0 Å². The van der Waals surface area contributed by atoms with Gasteiger partial charge in [0.25, 0.3) is 0 Å². The summed E-state index contributed by atoms with van der Waals surface area (Å²) in [5, 5.41) is 0. The Bertz CT molecular complexity index is 744. The van der Waals surface area contributed by atoms with Crippen molar-refractivity contribution in [2.75, 3.05) is 31.2 Å². The van der Waals surface area contributed by atoms with Gasteiger partial charge in [0.05, 0.1) is 18.9 Å². The molecule has 0 unspecified atom stereocenters. The van der Waals surface area contributed by atoms with Crippen molar-refractivity contribution in [3.63, 3.8) is 0 Å². The van der Waals surface area contributed by atoms with Gasteiger partial charge in [0, 0.05) is 30.9 Å². The molecule has 6 nitrogen and oxygen atoms in total. The quantitative estimate of drug-likeness (QED) is 0.837. The van der Waals surface area contributed by atoms with E-state index >= 15 is 0 Å². The molecule has 0 radical (unpaired) electrons. The maximum atomic E-state index is 13.3. The molecule has 0 bridgehead atoms. The molecule has 0 aromatic carbocycles. The first-order valence-corrected chi connectivity index (χ1v) is 7.44. The van der Waals surface area contributed by atoms with Crippen molar-refractivity contribution < 1.29 is 17.9 Å². The maximum Gasteiger partial charge on any atom is 0.434 e. The van der Waals surface area contributed by atoms with Crippen LogP contribution in [0, 0.1) is 13.8 Å². The minimum atomic E-state index is -4.58. The number of aromatic nitrogens is 4. The van der Waals surface area contributed by atoms with Gasteiger partial charge in [0.2, 0.25) is 0 Å². The van der Waals surface area contributed by atoms with Crippen molar-refractivity contribution >= 4 is 5.82 Å². The molecule has 2 aromatic rings. The fourth-order valence-corrected chi connectivity index (χ4v) is 2.52. The van der Waals surface area contributed by atoms with Crippen molar-refractivity contribution in [1.29, 1.82) is 0 Å². The molecule has 0 atom stereocenters. The van der Waals surface area contributed by atoms with Crippen LogP contribution in [0.25, 0.3) is 11.3 Å². The molecule has 1 aliphatic heterocycles. The molecule has 128 valence electrons. The van der Waals surface area contributed by atoms with Gasteiger partial charge < -0.3 is 9.64 Å². The third-order valence-electron chi connectivity index (χ3n) is 3.61. The van der Waals surface area contributed by atoms with Crippen LogP contribution in [-0.2, 0) is 10.9 Å². The zero-order valence-corrected chi connectivity index (χ0v) is 13.3. The van der Waals surface area contributed by atoms with E-state index in [-0.39, 0.29) is 17.1 Å². The molecule has 3 heterocycles. The monoisotopic (exact) mass is 339 g/mol. The maximum absolute atomic E-state index is 13.3. The molecule has 0 N–H and O–H groups in total. The van der Waals surface area contributed by atoms with Crippen molar-refractivity contribution in [2.24, 2.45) is 0 Å². The van der Waals surface area contributed by atoms with Crippen LogP contribution in [0.15, 0.2) is 12.3 Å². The van der Waals surface area contributed by atoms with Gasteiger partial charge in [-0.05, 0) is 13.8 Å². The van der Waals surface area contributed by atoms with Gasteiger partial charge in [0.15, 0.2) is 5.69 Å². The van der Waals surface area contributed by atoms with E-state index in [2.05, 4.69) is 19.9 Å². The number of morpholine rings is 1. The van der Waals surface area contributed by atoms with Crippen LogP contribution in [0.1, 0.15) is 17.3 Å². The number of nitrogens with zero attached hydrogens (tertiary/aromatic N) is 5. The molecule has 1 aliphatic rings. The Hall–Kier alpha value is -2.29. The van der Waals surface area contributed by atoms with Crippen LogP contribution in [0.2, 0.25) is 0 Å². The lowest BCUT2D eigenvalue weighted by Crippen LogP contribution is -2.36. The first-order chi connectivity index (χ1) is 11.3. The first-order valence-electron chi connectivity index (χ1n) is 7.44. The van der Waals surface area contributed by atoms with Crippen LogP contribution in [0.5, 0.6) is 0 Å². The van der Waals surface area contributed by atoms with E-state index in [0.29, 0.717) is 37.9 Å². The van der Waals surface area contributed by atoms with Gasteiger partial charge in [0.1, 0.15) is 17.5 Å². The Balaban J connectivity index is 2.08. The molecule has 0 saturated carbocycles. The SMILES string of the molecule is Cc1nc(-c2cnc(C)nc2C(F)(F)F)cc(N2CCOCC2)n1. The molecule has 3 rings (SSSR count). The third-order valence-corrected chi connectivity index (χ3v) is 3.61. The lowest BCUT2D eigenvalue weighted by Gasteiger charge is -2.28. The second-order valence-corrected chi connectivity index (χ2v) is 5.44. The summed E-state index contributed by atoms with van der Waals surface area (Å²) in [5.74, 6) is 1.03. The molecule has 1 saturated heterocycles. The van der Waals surface area contributed by atoms with Crippen LogP contribution in [-0.4, -0.2) is 46.2 Å². The Labute approximate surface area is 136 Å². The number of halogens is 3. The van der Waals surface area contributed by atoms with Gasteiger partial charge in [-0.2, -0.15) is 13.2 Å². The molecule has 1 fully saturated rings. The van der Waals surface area contributed by atoms with Crippen molar-refractivity contribution in [3.8, 4) is 11.3 Å². The summed E-state index contributed by atoms with van der Waals surface area (Å²) in [6, 6.07) is 1.54. The number of hydrogen-bond donors (Lipinski definition) is 0. The van der Waals surface area contributed by atoms with E-state index in [0.717, 1.165) is 6.20 Å². The van der Waals surface area contributed by atoms with Gasteiger partial charge in [-0.15, -0.1) is 0 Å². The lowest BCUT2D eigenvalue weighted by molar-refractivity contribution is -0.140. The highest BCUT2D eigenvalue weighted by atomic mass is 19.4. The average molecular weight is 339 g/mol. The molecule has 0 amide bonds. The van der Waals surface area contributed by atoms with Crippen molar-refractivity contribution in [1.82, 2.24) is 19.9 Å². The predicted molar refractivity (Wildman–Crippen MR) is 80.6 cm³/mol. The molecular weight excluding hydrogens is 323 g/mol. The molecule has 2 aromatic heterocycles. The number of alkyl halides is 3. The van der Waals surface area contributed by atoms with Gasteiger partial charge in [-0.25, -0.2) is 19.9 Å². The van der Waals surface area contributed by atoms with Gasteiger partial charge in [-0.3, -0.25) is 0 Å². The second kappa shape index (κ2) is 6.31. The zero-order chi connectivity index (χ0) is 17.3. The van der Waals surface area contributed by atoms with Crippen LogP contribution < -0.4 is 4.90 Å². The molecular formula is C15H16F3N5O. The van der Waals surface area contributed by atoms with Crippen LogP contribution in [0.3, 0.4) is 0 Å². The summed E-state index contributed by atoms with van der Waals surface area (Å²) in [4.78, 5) is 17.9. The van der Waals surface area contributed by atoms with E-state index in [1.54, 1.807) is 13.0 Å². The zero-order valence-electron chi connectivity index (χ0n) is 13.3. The smallest absolute Gasteiger partial charge is 0.378 e. The summed E-state index contributed by atoms with van der Waals surface area (Å²) < 4.78 is 45.2. The Morgan fingerprint density at radius 2 is 1.75 bits per heavy atom. The number of aryl methyl sites for hydroxylation is 2. The van der Waals surface area contributed by atoms with Gasteiger partial charge >= 0.3 is 6.18 Å². The van der Waals surface area contributed by atoms with Crippen molar-refractivity contribution in [2.45, 2.75) is 20.0 Å². The largest absolute Gasteiger partial charge is 0.434 e. The van der Waals surface area contributed by atoms with E-state index in [4.69, 9.17) is 4.74 Å². The highest BCUT2D eigenvalue weighted by Gasteiger charge is 2.36. The van der Waals surface area contributed by atoms with E-state index < -0.39 is 11.9 Å². The fourth-order valence-electron chi connectivity index (χ4n) is 2.52. The minimum absolute atomic E-state index is 0.0604. The Morgan fingerprint density at radius 1 is 1.04 bits per heavy atom. The average Bonchev–Trinajstić information content (AvgIpc) is 2.54. The standard InChI is InChI=1S/C15H16F3N5O/c1-9-19-8-11(14(22-9)15(16,17)18)12-7-13(21-10(2)20-12)23-3-5-24-6-4-23/h7-8H,3-6H2,1-2H3. The summed E-state index contributed by atoms with van der Waals surface area (Å²) >= 11 is 0. The van der Waals surface area contributed by atoms with Crippen molar-refractivity contribution in [3.05, 3.63) is 29.6 Å². The normalized spacial score (nSPS) is 15.6. The summed E-state index contributed by atoms with van der Waals surface area (Å²) in [6.45, 7) is 5.44. The third kappa shape index (κ3) is 3.45. The second-order valence-electron chi connectivity index (χ2n) is 5.44. The Kier molecular flexibility index (Phi) is 4.35. The summed E-state index contributed by atoms with van der Waals surface area (Å²) in [5.41, 5.74) is -0.967. The minimum Gasteiger partial charge on any atom is -0.378 e. The number of ether oxygens (including phenoxy) is 1. The highest BCUT2D eigenvalue weighted by Crippen LogP contribution is 2.35. The number of hydrogen-bond acceptors (Lipinski definition) is 6.